The lowest BCUT2D eigenvalue weighted by molar-refractivity contribution is -0.384. The van der Waals surface area contributed by atoms with E-state index in [4.69, 9.17) is 0 Å². The van der Waals surface area contributed by atoms with Gasteiger partial charge in [0, 0.05) is 12.1 Å². The van der Waals surface area contributed by atoms with Crippen LogP contribution in [-0.4, -0.2) is 16.3 Å². The van der Waals surface area contributed by atoms with E-state index < -0.39 is 16.4 Å². The Hall–Kier alpha value is -2.53. The number of carbonyl (C=O) groups excluding carboxylic acids is 1. The standard InChI is InChI=1S/C20H23NO4/c1-14(2)16-6-4-15(5-7-16)12-20(3,13-22)19(23)17-8-10-18(11-9-17)21(24)25/h4-11,13-14,19,23H,12H2,1-3H3/t19-,20-/m0/s1. The summed E-state index contributed by atoms with van der Waals surface area (Å²) < 4.78 is 0. The Bertz CT molecular complexity index is 737. The minimum Gasteiger partial charge on any atom is -0.387 e. The van der Waals surface area contributed by atoms with Crippen LogP contribution in [-0.2, 0) is 11.2 Å². The predicted octanol–water partition coefficient (Wildman–Crippen LogP) is 4.20. The number of nitro groups is 1. The molecule has 0 spiro atoms. The number of nitrogens with zero attached hydrogens (tertiary/aromatic N) is 1. The molecule has 0 aliphatic rings. The summed E-state index contributed by atoms with van der Waals surface area (Å²) in [6.45, 7) is 5.92. The molecule has 2 aromatic rings. The van der Waals surface area contributed by atoms with E-state index in [1.54, 1.807) is 6.92 Å². The van der Waals surface area contributed by atoms with Crippen molar-refractivity contribution in [2.24, 2.45) is 5.41 Å². The van der Waals surface area contributed by atoms with Crippen LogP contribution in [0.3, 0.4) is 0 Å². The van der Waals surface area contributed by atoms with Gasteiger partial charge in [-0.25, -0.2) is 0 Å². The third kappa shape index (κ3) is 4.31. The summed E-state index contributed by atoms with van der Waals surface area (Å²) in [6, 6.07) is 13.7. The molecule has 2 rings (SSSR count). The molecular formula is C20H23NO4. The Labute approximate surface area is 147 Å². The van der Waals surface area contributed by atoms with Gasteiger partial charge in [0.05, 0.1) is 16.4 Å². The lowest BCUT2D eigenvalue weighted by atomic mass is 9.77. The summed E-state index contributed by atoms with van der Waals surface area (Å²) in [5.41, 5.74) is 1.59. The van der Waals surface area contributed by atoms with Crippen LogP contribution < -0.4 is 0 Å². The van der Waals surface area contributed by atoms with E-state index in [1.807, 2.05) is 24.3 Å². The van der Waals surface area contributed by atoms with Crippen LogP contribution in [0.15, 0.2) is 48.5 Å². The first-order valence-corrected chi connectivity index (χ1v) is 8.24. The van der Waals surface area contributed by atoms with Crippen molar-refractivity contribution in [1.29, 1.82) is 0 Å². The summed E-state index contributed by atoms with van der Waals surface area (Å²) in [5.74, 6) is 0.428. The summed E-state index contributed by atoms with van der Waals surface area (Å²) in [7, 11) is 0. The van der Waals surface area contributed by atoms with E-state index in [0.717, 1.165) is 11.8 Å². The first-order valence-electron chi connectivity index (χ1n) is 8.24. The van der Waals surface area contributed by atoms with E-state index in [9.17, 15) is 20.0 Å². The quantitative estimate of drug-likeness (QED) is 0.465. The van der Waals surface area contributed by atoms with Crippen molar-refractivity contribution in [1.82, 2.24) is 0 Å². The Morgan fingerprint density at radius 2 is 1.60 bits per heavy atom. The second-order valence-electron chi connectivity index (χ2n) is 6.95. The van der Waals surface area contributed by atoms with Gasteiger partial charge in [-0.2, -0.15) is 0 Å². The summed E-state index contributed by atoms with van der Waals surface area (Å²) in [5, 5.41) is 21.4. The number of aldehydes is 1. The number of non-ortho nitro benzene ring substituents is 1. The molecule has 0 radical (unpaired) electrons. The zero-order valence-corrected chi connectivity index (χ0v) is 14.7. The van der Waals surface area contributed by atoms with Crippen molar-refractivity contribution in [3.63, 3.8) is 0 Å². The van der Waals surface area contributed by atoms with Crippen LogP contribution in [0.4, 0.5) is 5.69 Å². The fourth-order valence-electron chi connectivity index (χ4n) is 2.82. The number of carbonyl (C=O) groups is 1. The average molecular weight is 341 g/mol. The lowest BCUT2D eigenvalue weighted by Crippen LogP contribution is -2.30. The number of nitro benzene ring substituents is 1. The Kier molecular flexibility index (Phi) is 5.69. The van der Waals surface area contributed by atoms with Crippen LogP contribution in [0.25, 0.3) is 0 Å². The Morgan fingerprint density at radius 3 is 2.04 bits per heavy atom. The van der Waals surface area contributed by atoms with E-state index in [1.165, 1.54) is 29.8 Å². The molecule has 0 saturated heterocycles. The second kappa shape index (κ2) is 7.57. The number of hydrogen-bond acceptors (Lipinski definition) is 4. The molecular weight excluding hydrogens is 318 g/mol. The SMILES string of the molecule is CC(C)c1ccc(C[C@@](C)(C=O)[C@@H](O)c2ccc([N+](=O)[O-])cc2)cc1. The van der Waals surface area contributed by atoms with Crippen molar-refractivity contribution in [3.05, 3.63) is 75.3 Å². The van der Waals surface area contributed by atoms with Crippen molar-refractivity contribution < 1.29 is 14.8 Å². The van der Waals surface area contributed by atoms with Gasteiger partial charge in [0.1, 0.15) is 6.29 Å². The monoisotopic (exact) mass is 341 g/mol. The largest absolute Gasteiger partial charge is 0.387 e. The van der Waals surface area contributed by atoms with E-state index in [2.05, 4.69) is 13.8 Å². The van der Waals surface area contributed by atoms with Crippen LogP contribution in [0, 0.1) is 15.5 Å². The minimum absolute atomic E-state index is 0.0481. The molecule has 0 aromatic heterocycles. The van der Waals surface area contributed by atoms with E-state index in [0.29, 0.717) is 17.9 Å². The summed E-state index contributed by atoms with van der Waals surface area (Å²) in [4.78, 5) is 22.0. The normalized spacial score (nSPS) is 14.8. The van der Waals surface area contributed by atoms with E-state index >= 15 is 0 Å². The number of hydrogen-bond donors (Lipinski definition) is 1. The zero-order valence-electron chi connectivity index (χ0n) is 14.7. The predicted molar refractivity (Wildman–Crippen MR) is 96.5 cm³/mol. The van der Waals surface area contributed by atoms with Crippen molar-refractivity contribution in [2.45, 2.75) is 39.2 Å². The molecule has 132 valence electrons. The second-order valence-corrected chi connectivity index (χ2v) is 6.95. The smallest absolute Gasteiger partial charge is 0.269 e. The van der Waals surface area contributed by atoms with Crippen molar-refractivity contribution >= 4 is 12.0 Å². The van der Waals surface area contributed by atoms with Gasteiger partial charge in [0.2, 0.25) is 0 Å². The van der Waals surface area contributed by atoms with Crippen LogP contribution >= 0.6 is 0 Å². The van der Waals surface area contributed by atoms with Gasteiger partial charge < -0.3 is 9.90 Å². The summed E-state index contributed by atoms with van der Waals surface area (Å²) in [6.07, 6.45) is 0.0956. The van der Waals surface area contributed by atoms with Gasteiger partial charge in [0.15, 0.2) is 0 Å². The Balaban J connectivity index is 2.22. The highest BCUT2D eigenvalue weighted by Crippen LogP contribution is 2.36. The molecule has 5 heteroatoms. The highest BCUT2D eigenvalue weighted by molar-refractivity contribution is 5.61. The van der Waals surface area contributed by atoms with Crippen LogP contribution in [0.1, 0.15) is 49.5 Å². The topological polar surface area (TPSA) is 80.4 Å². The maximum absolute atomic E-state index is 11.7. The fourth-order valence-corrected chi connectivity index (χ4v) is 2.82. The zero-order chi connectivity index (χ0) is 18.6. The molecule has 0 unspecified atom stereocenters. The molecule has 2 aromatic carbocycles. The van der Waals surface area contributed by atoms with Gasteiger partial charge in [0.25, 0.3) is 5.69 Å². The molecule has 0 aliphatic heterocycles. The maximum atomic E-state index is 11.7. The lowest BCUT2D eigenvalue weighted by Gasteiger charge is -2.29. The first-order chi connectivity index (χ1) is 11.8. The molecule has 1 N–H and O–H groups in total. The molecule has 0 fully saturated rings. The van der Waals surface area contributed by atoms with Crippen molar-refractivity contribution in [3.8, 4) is 0 Å². The molecule has 2 atom stereocenters. The van der Waals surface area contributed by atoms with Gasteiger partial charge in [-0.1, -0.05) is 38.1 Å². The number of rotatable bonds is 7. The van der Waals surface area contributed by atoms with Crippen molar-refractivity contribution in [2.75, 3.05) is 0 Å². The number of benzene rings is 2. The molecule has 5 nitrogen and oxygen atoms in total. The van der Waals surface area contributed by atoms with Crippen LogP contribution in [0.2, 0.25) is 0 Å². The average Bonchev–Trinajstić information content (AvgIpc) is 2.61. The first kappa shape index (κ1) is 18.8. The van der Waals surface area contributed by atoms with Gasteiger partial charge >= 0.3 is 0 Å². The molecule has 0 saturated carbocycles. The highest BCUT2D eigenvalue weighted by atomic mass is 16.6. The molecule has 25 heavy (non-hydrogen) atoms. The third-order valence-electron chi connectivity index (χ3n) is 4.54. The fraction of sp³-hybridized carbons (Fsp3) is 0.350. The molecule has 0 amide bonds. The third-order valence-corrected chi connectivity index (χ3v) is 4.54. The van der Waals surface area contributed by atoms with Crippen LogP contribution in [0.5, 0.6) is 0 Å². The minimum atomic E-state index is -1.05. The summed E-state index contributed by atoms with van der Waals surface area (Å²) >= 11 is 0. The van der Waals surface area contributed by atoms with Gasteiger partial charge in [-0.15, -0.1) is 0 Å². The molecule has 0 heterocycles. The maximum Gasteiger partial charge on any atom is 0.269 e. The number of aliphatic hydroxyl groups is 1. The molecule has 0 aliphatic carbocycles. The molecule has 0 bridgehead atoms. The highest BCUT2D eigenvalue weighted by Gasteiger charge is 2.34. The Morgan fingerprint density at radius 1 is 1.08 bits per heavy atom. The van der Waals surface area contributed by atoms with Gasteiger partial charge in [-0.05, 0) is 48.1 Å². The van der Waals surface area contributed by atoms with Gasteiger partial charge in [-0.3, -0.25) is 10.1 Å². The number of aliphatic hydroxyl groups excluding tert-OH is 1. The van der Waals surface area contributed by atoms with E-state index in [-0.39, 0.29) is 5.69 Å².